The Labute approximate surface area is 117 Å². The smallest absolute Gasteiger partial charge is 0.316 e. The Hall–Kier alpha value is -1.98. The van der Waals surface area contributed by atoms with Gasteiger partial charge in [-0.15, -0.1) is 0 Å². The van der Waals surface area contributed by atoms with Gasteiger partial charge in [0.2, 0.25) is 0 Å². The van der Waals surface area contributed by atoms with Crippen molar-refractivity contribution in [1.29, 1.82) is 0 Å². The van der Waals surface area contributed by atoms with Crippen molar-refractivity contribution in [2.75, 3.05) is 12.3 Å². The molecule has 5 nitrogen and oxygen atoms in total. The fraction of sp³-hybridized carbons (Fsp3) is 0.500. The van der Waals surface area contributed by atoms with Crippen LogP contribution in [0.3, 0.4) is 0 Å². The topological polar surface area (TPSA) is 82.3 Å². The van der Waals surface area contributed by atoms with Crippen LogP contribution in [0.2, 0.25) is 0 Å². The van der Waals surface area contributed by atoms with E-state index in [9.17, 15) is 14.0 Å². The zero-order valence-electron chi connectivity index (χ0n) is 11.7. The van der Waals surface area contributed by atoms with E-state index in [-0.39, 0.29) is 36.6 Å². The van der Waals surface area contributed by atoms with Gasteiger partial charge in [-0.1, -0.05) is 13.8 Å². The van der Waals surface area contributed by atoms with Crippen molar-refractivity contribution in [2.45, 2.75) is 33.1 Å². The van der Waals surface area contributed by atoms with Gasteiger partial charge in [0.25, 0.3) is 0 Å². The highest BCUT2D eigenvalue weighted by atomic mass is 19.1. The summed E-state index contributed by atoms with van der Waals surface area (Å²) in [4.78, 5) is 27.3. The summed E-state index contributed by atoms with van der Waals surface area (Å²) in [6.45, 7) is 3.75. The molecule has 20 heavy (non-hydrogen) atoms. The number of ether oxygens (including phenoxy) is 1. The zero-order chi connectivity index (χ0) is 15.1. The van der Waals surface area contributed by atoms with Crippen LogP contribution < -0.4 is 5.73 Å². The maximum atomic E-state index is 13.8. The molecule has 0 amide bonds. The fourth-order valence-corrected chi connectivity index (χ4v) is 1.76. The molecule has 1 rings (SSSR count). The van der Waals surface area contributed by atoms with Crippen LogP contribution in [0.1, 0.15) is 32.3 Å². The average molecular weight is 282 g/mol. The zero-order valence-corrected chi connectivity index (χ0v) is 11.7. The lowest BCUT2D eigenvalue weighted by atomic mass is 9.94. The number of carbonyl (C=O) groups is 2. The first kappa shape index (κ1) is 16.1. The number of anilines is 1. The third-order valence-electron chi connectivity index (χ3n) is 2.89. The quantitative estimate of drug-likeness (QED) is 0.610. The molecule has 1 heterocycles. The highest BCUT2D eigenvalue weighted by Crippen LogP contribution is 2.18. The Kier molecular flexibility index (Phi) is 6.09. The Balaban J connectivity index is 2.92. The lowest BCUT2D eigenvalue weighted by Crippen LogP contribution is -2.28. The Morgan fingerprint density at radius 3 is 2.75 bits per heavy atom. The van der Waals surface area contributed by atoms with E-state index in [2.05, 4.69) is 4.98 Å². The third-order valence-corrected chi connectivity index (χ3v) is 2.89. The molecular weight excluding hydrogens is 263 g/mol. The van der Waals surface area contributed by atoms with Crippen molar-refractivity contribution >= 4 is 17.6 Å². The number of ketones is 1. The molecule has 1 aromatic rings. The van der Waals surface area contributed by atoms with E-state index in [0.717, 1.165) is 0 Å². The van der Waals surface area contributed by atoms with Crippen LogP contribution in [0, 0.1) is 11.7 Å². The summed E-state index contributed by atoms with van der Waals surface area (Å²) in [7, 11) is 0. The molecule has 0 aliphatic carbocycles. The van der Waals surface area contributed by atoms with Crippen LogP contribution >= 0.6 is 0 Å². The minimum Gasteiger partial charge on any atom is -0.465 e. The van der Waals surface area contributed by atoms with E-state index in [0.29, 0.717) is 6.42 Å². The second-order valence-corrected chi connectivity index (χ2v) is 4.41. The van der Waals surface area contributed by atoms with Gasteiger partial charge in [-0.25, -0.2) is 9.37 Å². The van der Waals surface area contributed by atoms with E-state index in [1.807, 2.05) is 6.92 Å². The van der Waals surface area contributed by atoms with Gasteiger partial charge in [0, 0.05) is 12.6 Å². The molecule has 0 radical (unpaired) electrons. The summed E-state index contributed by atoms with van der Waals surface area (Å²) < 4.78 is 18.8. The Morgan fingerprint density at radius 1 is 1.45 bits per heavy atom. The van der Waals surface area contributed by atoms with Gasteiger partial charge in [-0.3, -0.25) is 9.59 Å². The van der Waals surface area contributed by atoms with Crippen LogP contribution in [0.15, 0.2) is 12.3 Å². The summed E-state index contributed by atoms with van der Waals surface area (Å²) in [5.74, 6) is -2.82. The van der Waals surface area contributed by atoms with Crippen LogP contribution in [0.5, 0.6) is 0 Å². The van der Waals surface area contributed by atoms with Gasteiger partial charge in [-0.2, -0.15) is 0 Å². The monoisotopic (exact) mass is 282 g/mol. The molecule has 0 aliphatic rings. The van der Waals surface area contributed by atoms with E-state index in [4.69, 9.17) is 10.5 Å². The number of aromatic nitrogens is 1. The number of Topliss-reactive ketones (excluding diaryl/α,β-unsaturated/α-hetero) is 1. The molecule has 2 N–H and O–H groups in total. The number of nitrogens with zero attached hydrogens (tertiary/aromatic N) is 1. The SMILES string of the molecule is CCCOC(=O)C(Cc1ccnc(N)c1F)C(=O)CC. The van der Waals surface area contributed by atoms with Crippen molar-refractivity contribution in [1.82, 2.24) is 4.98 Å². The molecule has 1 aromatic heterocycles. The number of nitrogens with two attached hydrogens (primary N) is 1. The summed E-state index contributed by atoms with van der Waals surface area (Å²) in [6, 6.07) is 1.41. The maximum Gasteiger partial charge on any atom is 0.316 e. The summed E-state index contributed by atoms with van der Waals surface area (Å²) >= 11 is 0. The molecular formula is C14H19FN2O3. The van der Waals surface area contributed by atoms with Crippen molar-refractivity contribution in [3.8, 4) is 0 Å². The van der Waals surface area contributed by atoms with Gasteiger partial charge >= 0.3 is 5.97 Å². The predicted octanol–water partition coefficient (Wildman–Crippen LogP) is 1.89. The number of nitrogen functional groups attached to an aromatic ring is 1. The minimum atomic E-state index is -0.997. The standard InChI is InChI=1S/C14H19FN2O3/c1-3-7-20-14(19)10(11(18)4-2)8-9-5-6-17-13(16)12(9)15/h5-6,10H,3-4,7-8H2,1-2H3,(H2,16,17). The van der Waals surface area contributed by atoms with Crippen LogP contribution in [0.25, 0.3) is 0 Å². The molecule has 0 aromatic carbocycles. The van der Waals surface area contributed by atoms with E-state index in [1.54, 1.807) is 6.92 Å². The lowest BCUT2D eigenvalue weighted by Gasteiger charge is -2.15. The Bertz CT molecular complexity index is 491. The van der Waals surface area contributed by atoms with Gasteiger partial charge in [0.1, 0.15) is 11.7 Å². The predicted molar refractivity (Wildman–Crippen MR) is 72.3 cm³/mol. The van der Waals surface area contributed by atoms with Gasteiger partial charge < -0.3 is 10.5 Å². The first-order valence-corrected chi connectivity index (χ1v) is 6.59. The number of pyridine rings is 1. The Morgan fingerprint density at radius 2 is 2.15 bits per heavy atom. The molecule has 0 spiro atoms. The second kappa shape index (κ2) is 7.57. The number of hydrogen-bond donors (Lipinski definition) is 1. The van der Waals surface area contributed by atoms with Gasteiger partial charge in [-0.05, 0) is 24.5 Å². The molecule has 0 saturated heterocycles. The maximum absolute atomic E-state index is 13.8. The van der Waals surface area contributed by atoms with Crippen LogP contribution in [0.4, 0.5) is 10.2 Å². The number of halogens is 1. The van der Waals surface area contributed by atoms with E-state index >= 15 is 0 Å². The largest absolute Gasteiger partial charge is 0.465 e. The molecule has 110 valence electrons. The third kappa shape index (κ3) is 4.01. The lowest BCUT2D eigenvalue weighted by molar-refractivity contribution is -0.152. The summed E-state index contributed by atoms with van der Waals surface area (Å²) in [5, 5.41) is 0. The highest BCUT2D eigenvalue weighted by Gasteiger charge is 2.28. The molecule has 0 aliphatic heterocycles. The second-order valence-electron chi connectivity index (χ2n) is 4.41. The van der Waals surface area contributed by atoms with Crippen LogP contribution in [-0.4, -0.2) is 23.3 Å². The number of carbonyl (C=O) groups excluding carboxylic acids is 2. The van der Waals surface area contributed by atoms with Gasteiger partial charge in [0.15, 0.2) is 11.6 Å². The van der Waals surface area contributed by atoms with Crippen LogP contribution in [-0.2, 0) is 20.7 Å². The molecule has 1 unspecified atom stereocenters. The normalized spacial score (nSPS) is 11.9. The van der Waals surface area contributed by atoms with Crippen molar-refractivity contribution < 1.29 is 18.7 Å². The number of esters is 1. The molecule has 0 bridgehead atoms. The molecule has 1 atom stereocenters. The molecule has 0 saturated carbocycles. The number of rotatable bonds is 7. The fourth-order valence-electron chi connectivity index (χ4n) is 1.76. The van der Waals surface area contributed by atoms with Crippen molar-refractivity contribution in [3.05, 3.63) is 23.6 Å². The highest BCUT2D eigenvalue weighted by molar-refractivity contribution is 5.99. The average Bonchev–Trinajstić information content (AvgIpc) is 2.45. The summed E-state index contributed by atoms with van der Waals surface area (Å²) in [6.07, 6.45) is 2.13. The molecule has 6 heteroatoms. The van der Waals surface area contributed by atoms with Crippen molar-refractivity contribution in [2.24, 2.45) is 5.92 Å². The first-order chi connectivity index (χ1) is 9.51. The van der Waals surface area contributed by atoms with Gasteiger partial charge in [0.05, 0.1) is 6.61 Å². The van der Waals surface area contributed by atoms with E-state index in [1.165, 1.54) is 12.3 Å². The van der Waals surface area contributed by atoms with Crippen molar-refractivity contribution in [3.63, 3.8) is 0 Å². The summed E-state index contributed by atoms with van der Waals surface area (Å²) in [5.41, 5.74) is 5.57. The van der Waals surface area contributed by atoms with E-state index < -0.39 is 17.7 Å². The minimum absolute atomic E-state index is 0.0617. The first-order valence-electron chi connectivity index (χ1n) is 6.59. The molecule has 0 fully saturated rings. The number of hydrogen-bond acceptors (Lipinski definition) is 5.